The molecule has 0 atom stereocenters. The van der Waals surface area contributed by atoms with Crippen LogP contribution < -0.4 is 4.72 Å². The molecule has 0 fully saturated rings. The van der Waals surface area contributed by atoms with Gasteiger partial charge in [-0.15, -0.1) is 0 Å². The van der Waals surface area contributed by atoms with Crippen LogP contribution in [0.1, 0.15) is 5.56 Å². The van der Waals surface area contributed by atoms with Gasteiger partial charge >= 0.3 is 0 Å². The molecule has 0 saturated carbocycles. The van der Waals surface area contributed by atoms with Gasteiger partial charge in [0, 0.05) is 12.1 Å². The Hall–Kier alpha value is -2.78. The third-order valence-electron chi connectivity index (χ3n) is 3.38. The third-order valence-corrected chi connectivity index (χ3v) is 5.00. The number of anilines is 1. The van der Waals surface area contributed by atoms with Gasteiger partial charge in [-0.05, 0) is 25.1 Å². The molecule has 1 aromatic heterocycles. The maximum absolute atomic E-state index is 12.4. The van der Waals surface area contributed by atoms with Crippen LogP contribution in [-0.4, -0.2) is 23.3 Å². The first-order valence-corrected chi connectivity index (χ1v) is 8.83. The number of aromatic nitrogens is 2. The molecule has 1 heterocycles. The van der Waals surface area contributed by atoms with Crippen molar-refractivity contribution in [3.63, 3.8) is 0 Å². The first-order valence-electron chi connectivity index (χ1n) is 6.97. The van der Waals surface area contributed by atoms with Crippen LogP contribution in [0.25, 0.3) is 11.0 Å². The normalized spacial score (nSPS) is 11.4. The summed E-state index contributed by atoms with van der Waals surface area (Å²) in [6.45, 7) is 1.84. The SMILES string of the molecule is Cc1ccc(S(=O)(=O)Nc2nc3ccc([N+](=O)[O-])cc3nc2Cl)cc1. The van der Waals surface area contributed by atoms with Crippen molar-refractivity contribution in [1.82, 2.24) is 9.97 Å². The Labute approximate surface area is 147 Å². The molecule has 0 spiro atoms. The molecule has 3 rings (SSSR count). The van der Waals surface area contributed by atoms with E-state index in [9.17, 15) is 18.5 Å². The second-order valence-corrected chi connectivity index (χ2v) is 7.25. The topological polar surface area (TPSA) is 115 Å². The highest BCUT2D eigenvalue weighted by Gasteiger charge is 2.18. The molecule has 0 aliphatic carbocycles. The van der Waals surface area contributed by atoms with Gasteiger partial charge in [-0.2, -0.15) is 0 Å². The second-order valence-electron chi connectivity index (χ2n) is 5.21. The van der Waals surface area contributed by atoms with E-state index in [0.717, 1.165) is 5.56 Å². The van der Waals surface area contributed by atoms with Crippen LogP contribution in [0.4, 0.5) is 11.5 Å². The molecule has 0 aliphatic heterocycles. The van der Waals surface area contributed by atoms with Gasteiger partial charge in [0.1, 0.15) is 0 Å². The Bertz CT molecular complexity index is 1080. The monoisotopic (exact) mass is 378 g/mol. The molecule has 2 aromatic carbocycles. The van der Waals surface area contributed by atoms with Crippen molar-refractivity contribution in [2.45, 2.75) is 11.8 Å². The van der Waals surface area contributed by atoms with Gasteiger partial charge in [-0.3, -0.25) is 14.8 Å². The van der Waals surface area contributed by atoms with Crippen LogP contribution in [0.5, 0.6) is 0 Å². The number of nitro benzene ring substituents is 1. The van der Waals surface area contributed by atoms with Crippen molar-refractivity contribution in [2.75, 3.05) is 4.72 Å². The summed E-state index contributed by atoms with van der Waals surface area (Å²) in [6.07, 6.45) is 0. The summed E-state index contributed by atoms with van der Waals surface area (Å²) >= 11 is 5.98. The average Bonchev–Trinajstić information content (AvgIpc) is 2.55. The number of fused-ring (bicyclic) bond motifs is 1. The summed E-state index contributed by atoms with van der Waals surface area (Å²) in [6, 6.07) is 10.1. The maximum Gasteiger partial charge on any atom is 0.271 e. The molecule has 10 heteroatoms. The number of non-ortho nitro benzene ring substituents is 1. The fourth-order valence-corrected chi connectivity index (χ4v) is 3.35. The number of nitrogens with zero attached hydrogens (tertiary/aromatic N) is 3. The highest BCUT2D eigenvalue weighted by atomic mass is 35.5. The van der Waals surface area contributed by atoms with Gasteiger partial charge in [-0.1, -0.05) is 29.3 Å². The Morgan fingerprint density at radius 1 is 1.08 bits per heavy atom. The fraction of sp³-hybridized carbons (Fsp3) is 0.0667. The summed E-state index contributed by atoms with van der Waals surface area (Å²) in [5.74, 6) is -0.149. The lowest BCUT2D eigenvalue weighted by molar-refractivity contribution is -0.384. The van der Waals surface area contributed by atoms with Gasteiger partial charge < -0.3 is 0 Å². The summed E-state index contributed by atoms with van der Waals surface area (Å²) in [4.78, 5) is 18.4. The minimum Gasteiger partial charge on any atom is -0.261 e. The number of aryl methyl sites for hydroxylation is 1. The number of benzene rings is 2. The smallest absolute Gasteiger partial charge is 0.261 e. The van der Waals surface area contributed by atoms with E-state index in [4.69, 9.17) is 11.6 Å². The van der Waals surface area contributed by atoms with Crippen LogP contribution in [0.2, 0.25) is 5.15 Å². The minimum absolute atomic E-state index is 0.0553. The zero-order valence-electron chi connectivity index (χ0n) is 12.8. The van der Waals surface area contributed by atoms with Crippen LogP contribution in [0.3, 0.4) is 0 Å². The first-order chi connectivity index (χ1) is 11.8. The van der Waals surface area contributed by atoms with Gasteiger partial charge in [0.2, 0.25) is 0 Å². The van der Waals surface area contributed by atoms with Gasteiger partial charge in [0.25, 0.3) is 15.7 Å². The number of nitro groups is 1. The summed E-state index contributed by atoms with van der Waals surface area (Å²) in [5.41, 5.74) is 1.23. The van der Waals surface area contributed by atoms with E-state index in [1.54, 1.807) is 12.1 Å². The lowest BCUT2D eigenvalue weighted by Crippen LogP contribution is -2.14. The predicted octanol–water partition coefficient (Wildman–Crippen LogP) is 3.30. The van der Waals surface area contributed by atoms with E-state index >= 15 is 0 Å². The molecule has 0 unspecified atom stereocenters. The van der Waals surface area contributed by atoms with Crippen molar-refractivity contribution in [3.8, 4) is 0 Å². The Balaban J connectivity index is 2.01. The molecular weight excluding hydrogens is 368 g/mol. The van der Waals surface area contributed by atoms with E-state index in [2.05, 4.69) is 14.7 Å². The molecule has 0 aliphatic rings. The fourth-order valence-electron chi connectivity index (χ4n) is 2.10. The molecule has 25 heavy (non-hydrogen) atoms. The van der Waals surface area contributed by atoms with Crippen molar-refractivity contribution in [2.24, 2.45) is 0 Å². The van der Waals surface area contributed by atoms with E-state index in [-0.39, 0.29) is 32.6 Å². The predicted molar refractivity (Wildman–Crippen MR) is 93.2 cm³/mol. The maximum atomic E-state index is 12.4. The van der Waals surface area contributed by atoms with E-state index in [0.29, 0.717) is 0 Å². The molecule has 0 bridgehead atoms. The summed E-state index contributed by atoms with van der Waals surface area (Å²) < 4.78 is 27.1. The van der Waals surface area contributed by atoms with E-state index < -0.39 is 14.9 Å². The van der Waals surface area contributed by atoms with E-state index in [1.807, 2.05) is 6.92 Å². The molecule has 3 aromatic rings. The Kier molecular flexibility index (Phi) is 4.27. The van der Waals surface area contributed by atoms with Crippen LogP contribution in [-0.2, 0) is 10.0 Å². The zero-order chi connectivity index (χ0) is 18.2. The van der Waals surface area contributed by atoms with Crippen molar-refractivity contribution in [1.29, 1.82) is 0 Å². The number of nitrogens with one attached hydrogen (secondary N) is 1. The number of sulfonamides is 1. The quantitative estimate of drug-likeness (QED) is 0.550. The van der Waals surface area contributed by atoms with Crippen molar-refractivity contribution >= 4 is 44.2 Å². The Morgan fingerprint density at radius 3 is 2.40 bits per heavy atom. The van der Waals surface area contributed by atoms with Gasteiger partial charge in [0.05, 0.1) is 20.9 Å². The average molecular weight is 379 g/mol. The number of halogens is 1. The lowest BCUT2D eigenvalue weighted by Gasteiger charge is -2.09. The molecule has 1 N–H and O–H groups in total. The lowest BCUT2D eigenvalue weighted by atomic mass is 10.2. The van der Waals surface area contributed by atoms with Gasteiger partial charge in [-0.25, -0.2) is 18.4 Å². The van der Waals surface area contributed by atoms with E-state index in [1.165, 1.54) is 30.3 Å². The molecule has 0 saturated heterocycles. The Morgan fingerprint density at radius 2 is 1.76 bits per heavy atom. The highest BCUT2D eigenvalue weighted by molar-refractivity contribution is 7.92. The number of hydrogen-bond acceptors (Lipinski definition) is 6. The summed E-state index contributed by atoms with van der Waals surface area (Å²) in [7, 11) is -3.89. The van der Waals surface area contributed by atoms with Crippen LogP contribution in [0.15, 0.2) is 47.4 Å². The minimum atomic E-state index is -3.89. The standard InChI is InChI=1S/C15H11ClN4O4S/c1-9-2-5-11(6-3-9)25(23,24)19-15-14(16)17-13-8-10(20(21)22)4-7-12(13)18-15/h2-8H,1H3,(H,18,19). The van der Waals surface area contributed by atoms with Crippen molar-refractivity contribution < 1.29 is 13.3 Å². The van der Waals surface area contributed by atoms with Gasteiger partial charge in [0.15, 0.2) is 11.0 Å². The first kappa shape index (κ1) is 17.1. The largest absolute Gasteiger partial charge is 0.271 e. The molecular formula is C15H11ClN4O4S. The van der Waals surface area contributed by atoms with Crippen LogP contribution in [0, 0.1) is 17.0 Å². The molecule has 0 radical (unpaired) electrons. The van der Waals surface area contributed by atoms with Crippen molar-refractivity contribution in [3.05, 3.63) is 63.3 Å². The molecule has 128 valence electrons. The molecule has 0 amide bonds. The second kappa shape index (κ2) is 6.26. The number of rotatable bonds is 4. The molecule has 8 nitrogen and oxygen atoms in total. The van der Waals surface area contributed by atoms with Crippen LogP contribution >= 0.6 is 11.6 Å². The highest BCUT2D eigenvalue weighted by Crippen LogP contribution is 2.26. The zero-order valence-corrected chi connectivity index (χ0v) is 14.4. The third kappa shape index (κ3) is 3.52. The summed E-state index contributed by atoms with van der Waals surface area (Å²) in [5, 5.41) is 10.6. The number of hydrogen-bond donors (Lipinski definition) is 1.